The number of amides is 3. The SMILES string of the molecule is CC(C)(C)OC(=O)NC(C(=O)N[C@@H]1C(=O)N2C(C(=O)O)=C(C[P+](c3ccccc3)(c3ccccc3)c3ccccc3)CS[C@@H]12)c1ccccc1.I. The Balaban J connectivity index is 0.00000504. The highest BCUT2D eigenvalue weighted by atomic mass is 127. The molecule has 264 valence electrons. The lowest BCUT2D eigenvalue weighted by Gasteiger charge is -2.49. The number of ether oxygens (including phenoxy) is 1. The van der Waals surface area contributed by atoms with Crippen molar-refractivity contribution >= 4 is 82.8 Å². The molecule has 12 heteroatoms. The first-order chi connectivity index (χ1) is 24.0. The van der Waals surface area contributed by atoms with Crippen molar-refractivity contribution in [3.05, 3.63) is 138 Å². The molecule has 3 atom stereocenters. The van der Waals surface area contributed by atoms with Crippen molar-refractivity contribution in [3.8, 4) is 0 Å². The number of alkyl carbamates (subject to hydrolysis) is 1. The average molecular weight is 837 g/mol. The summed E-state index contributed by atoms with van der Waals surface area (Å²) in [6.07, 6.45) is -0.360. The van der Waals surface area contributed by atoms with Gasteiger partial charge >= 0.3 is 12.1 Å². The van der Waals surface area contributed by atoms with E-state index < -0.39 is 54.2 Å². The number of nitrogens with one attached hydrogen (secondary N) is 2. The van der Waals surface area contributed by atoms with Gasteiger partial charge in [-0.05, 0) is 62.7 Å². The van der Waals surface area contributed by atoms with Crippen molar-refractivity contribution in [2.45, 2.75) is 43.8 Å². The van der Waals surface area contributed by atoms with Gasteiger partial charge in [-0.15, -0.1) is 35.7 Å². The standard InChI is InChI=1S/C39H38N3O6PS.HI/c1-39(2,3)48-38(47)41-31(26-16-8-4-9-17-26)34(43)40-32-35(44)42-33(37(45)46)27(25-50-36(32)42)24-49(28-18-10-5-11-19-28,29-20-12-6-13-21-29)30-22-14-7-15-23-30;/h4-23,31-32,36H,24-25H2,1-3H3,(H2-,40,41,43,45,46,47);1H/p+1/t31?,32-,36+;/m1./s1. The van der Waals surface area contributed by atoms with Gasteiger partial charge in [0.1, 0.15) is 51.9 Å². The van der Waals surface area contributed by atoms with Crippen LogP contribution in [0.2, 0.25) is 0 Å². The van der Waals surface area contributed by atoms with Crippen LogP contribution in [0, 0.1) is 0 Å². The van der Waals surface area contributed by atoms with Gasteiger partial charge in [-0.1, -0.05) is 84.9 Å². The Labute approximate surface area is 319 Å². The molecule has 4 aromatic carbocycles. The molecule has 1 fully saturated rings. The maximum Gasteiger partial charge on any atom is 0.408 e. The molecule has 2 heterocycles. The van der Waals surface area contributed by atoms with Crippen LogP contribution >= 0.6 is 43.0 Å². The van der Waals surface area contributed by atoms with Crippen LogP contribution in [0.1, 0.15) is 32.4 Å². The quantitative estimate of drug-likeness (QED) is 0.108. The Morgan fingerprint density at radius 2 is 1.31 bits per heavy atom. The van der Waals surface area contributed by atoms with Gasteiger partial charge < -0.3 is 20.5 Å². The number of benzene rings is 4. The molecular formula is C39H40IN3O6PS+. The number of fused-ring (bicyclic) bond motifs is 1. The lowest BCUT2D eigenvalue weighted by Crippen LogP contribution is -2.71. The van der Waals surface area contributed by atoms with Gasteiger partial charge in [0.15, 0.2) is 0 Å². The molecule has 3 N–H and O–H groups in total. The summed E-state index contributed by atoms with van der Waals surface area (Å²) in [4.78, 5) is 54.6. The molecule has 1 unspecified atom stereocenters. The van der Waals surface area contributed by atoms with Crippen LogP contribution in [0.3, 0.4) is 0 Å². The number of rotatable bonds is 10. The van der Waals surface area contributed by atoms with Gasteiger partial charge in [-0.25, -0.2) is 9.59 Å². The highest BCUT2D eigenvalue weighted by Gasteiger charge is 2.56. The van der Waals surface area contributed by atoms with Crippen LogP contribution in [0.15, 0.2) is 133 Å². The number of aliphatic carboxylic acids is 1. The van der Waals surface area contributed by atoms with E-state index in [-0.39, 0.29) is 29.7 Å². The maximum atomic E-state index is 13.8. The molecule has 9 nitrogen and oxygen atoms in total. The molecule has 0 saturated carbocycles. The van der Waals surface area contributed by atoms with Crippen LogP contribution in [0.25, 0.3) is 0 Å². The zero-order chi connectivity index (χ0) is 35.5. The van der Waals surface area contributed by atoms with Crippen LogP contribution in [-0.4, -0.2) is 62.8 Å². The largest absolute Gasteiger partial charge is 0.477 e. The summed E-state index contributed by atoms with van der Waals surface area (Å²) < 4.78 is 5.40. The fourth-order valence-corrected chi connectivity index (χ4v) is 12.3. The summed E-state index contributed by atoms with van der Waals surface area (Å²) in [6.45, 7) is 5.17. The summed E-state index contributed by atoms with van der Waals surface area (Å²) in [5.74, 6) is -1.95. The summed E-state index contributed by atoms with van der Waals surface area (Å²) in [5.41, 5.74) is 0.342. The van der Waals surface area contributed by atoms with E-state index in [0.29, 0.717) is 23.1 Å². The zero-order valence-corrected chi connectivity index (χ0v) is 32.4. The minimum absolute atomic E-state index is 0. The van der Waals surface area contributed by atoms with E-state index in [2.05, 4.69) is 47.0 Å². The molecule has 0 spiro atoms. The highest BCUT2D eigenvalue weighted by Crippen LogP contribution is 2.58. The summed E-state index contributed by atoms with van der Waals surface area (Å²) in [7, 11) is -2.45. The molecule has 0 aliphatic carbocycles. The highest BCUT2D eigenvalue weighted by molar-refractivity contribution is 14.0. The molecule has 3 amide bonds. The van der Waals surface area contributed by atoms with Crippen LogP contribution in [0.4, 0.5) is 4.79 Å². The van der Waals surface area contributed by atoms with E-state index in [0.717, 1.165) is 15.9 Å². The Morgan fingerprint density at radius 1 is 0.843 bits per heavy atom. The predicted molar refractivity (Wildman–Crippen MR) is 214 cm³/mol. The number of hydrogen-bond donors (Lipinski definition) is 3. The van der Waals surface area contributed by atoms with E-state index in [1.807, 2.05) is 54.6 Å². The second kappa shape index (κ2) is 16.0. The average Bonchev–Trinajstić information content (AvgIpc) is 3.12. The summed E-state index contributed by atoms with van der Waals surface area (Å²) >= 11 is 1.43. The smallest absolute Gasteiger partial charge is 0.408 e. The number of carbonyl (C=O) groups excluding carboxylic acids is 3. The normalized spacial score (nSPS) is 17.6. The first-order valence-corrected chi connectivity index (χ1v) is 19.3. The number of β-lactam (4-membered cyclic amide) rings is 1. The van der Waals surface area contributed by atoms with Gasteiger partial charge in [0.25, 0.3) is 5.91 Å². The molecular weight excluding hydrogens is 796 g/mol. The van der Waals surface area contributed by atoms with Crippen molar-refractivity contribution < 1.29 is 29.0 Å². The Kier molecular flexibility index (Phi) is 11.9. The molecule has 51 heavy (non-hydrogen) atoms. The van der Waals surface area contributed by atoms with Gasteiger partial charge in [0.2, 0.25) is 5.91 Å². The van der Waals surface area contributed by atoms with E-state index in [9.17, 15) is 24.3 Å². The van der Waals surface area contributed by atoms with Crippen molar-refractivity contribution in [2.24, 2.45) is 0 Å². The van der Waals surface area contributed by atoms with Crippen LogP contribution < -0.4 is 26.5 Å². The molecule has 0 aromatic heterocycles. The zero-order valence-electron chi connectivity index (χ0n) is 28.4. The van der Waals surface area contributed by atoms with E-state index >= 15 is 0 Å². The van der Waals surface area contributed by atoms with Crippen molar-refractivity contribution in [3.63, 3.8) is 0 Å². The molecule has 6 rings (SSSR count). The Morgan fingerprint density at radius 3 is 1.76 bits per heavy atom. The van der Waals surface area contributed by atoms with E-state index in [4.69, 9.17) is 4.74 Å². The van der Waals surface area contributed by atoms with Gasteiger partial charge in [-0.3, -0.25) is 14.5 Å². The number of carboxylic acid groups (broad SMARTS) is 1. The topological polar surface area (TPSA) is 125 Å². The predicted octanol–water partition coefficient (Wildman–Crippen LogP) is 5.60. The van der Waals surface area contributed by atoms with Gasteiger partial charge in [-0.2, -0.15) is 0 Å². The fourth-order valence-electron chi connectivity index (χ4n) is 6.47. The third-order valence-electron chi connectivity index (χ3n) is 8.62. The number of halogens is 1. The monoisotopic (exact) mass is 836 g/mol. The summed E-state index contributed by atoms with van der Waals surface area (Å²) in [6, 6.07) is 37.1. The number of nitrogens with zero attached hydrogens (tertiary/aromatic N) is 1. The first kappa shape index (κ1) is 38.1. The van der Waals surface area contributed by atoms with Crippen molar-refractivity contribution in [1.82, 2.24) is 15.5 Å². The minimum Gasteiger partial charge on any atom is -0.477 e. The first-order valence-electron chi connectivity index (χ1n) is 16.3. The third-order valence-corrected chi connectivity index (χ3v) is 14.4. The van der Waals surface area contributed by atoms with Crippen LogP contribution in [-0.2, 0) is 19.1 Å². The number of hydrogen-bond acceptors (Lipinski definition) is 6. The second-order valence-corrected chi connectivity index (χ2v) is 17.7. The lowest BCUT2D eigenvalue weighted by molar-refractivity contribution is -0.151. The molecule has 2 aliphatic rings. The Hall–Kier alpha value is -4.19. The molecule has 4 aromatic rings. The second-order valence-electron chi connectivity index (χ2n) is 13.1. The molecule has 2 aliphatic heterocycles. The minimum atomic E-state index is -2.45. The van der Waals surface area contributed by atoms with E-state index in [1.54, 1.807) is 51.1 Å². The molecule has 1 saturated heterocycles. The fraction of sp³-hybridized carbons (Fsp3) is 0.231. The van der Waals surface area contributed by atoms with Crippen LogP contribution in [0.5, 0.6) is 0 Å². The van der Waals surface area contributed by atoms with Gasteiger partial charge in [0, 0.05) is 11.3 Å². The lowest BCUT2D eigenvalue weighted by atomic mass is 10.0. The number of thioether (sulfide) groups is 1. The van der Waals surface area contributed by atoms with Gasteiger partial charge in [0.05, 0.1) is 6.16 Å². The van der Waals surface area contributed by atoms with Crippen molar-refractivity contribution in [2.75, 3.05) is 11.9 Å². The molecule has 0 bridgehead atoms. The van der Waals surface area contributed by atoms with Crippen molar-refractivity contribution in [1.29, 1.82) is 0 Å². The Bertz CT molecular complexity index is 1810. The maximum absolute atomic E-state index is 13.8. The number of carboxylic acids is 1. The van der Waals surface area contributed by atoms with E-state index in [1.165, 1.54) is 16.7 Å². The molecule has 0 radical (unpaired) electrons. The number of carbonyl (C=O) groups is 4. The summed E-state index contributed by atoms with van der Waals surface area (Å²) in [5, 5.41) is 18.8. The third kappa shape index (κ3) is 8.00.